The molecule has 2 nitrogen and oxygen atoms in total. The predicted octanol–water partition coefficient (Wildman–Crippen LogP) is 2.68. The first-order valence-corrected chi connectivity index (χ1v) is 4.59. The Morgan fingerprint density at radius 3 is 2.19 bits per heavy atom. The van der Waals surface area contributed by atoms with Gasteiger partial charge in [0.25, 0.3) is 0 Å². The number of hydrogen-bond acceptors (Lipinski definition) is 2. The second-order valence-electron chi connectivity index (χ2n) is 3.27. The molecular weight excluding hydrogens is 221 g/mol. The van der Waals surface area contributed by atoms with Crippen molar-refractivity contribution in [3.63, 3.8) is 0 Å². The van der Waals surface area contributed by atoms with E-state index in [0.717, 1.165) is 7.11 Å². The lowest BCUT2D eigenvalue weighted by Gasteiger charge is -2.33. The van der Waals surface area contributed by atoms with Crippen LogP contribution in [-0.4, -0.2) is 19.6 Å². The van der Waals surface area contributed by atoms with E-state index in [1.54, 1.807) is 6.07 Å². The normalized spacial score (nSPS) is 15.5. The summed E-state index contributed by atoms with van der Waals surface area (Å²) in [5, 5.41) is 0. The minimum atomic E-state index is -4.63. The van der Waals surface area contributed by atoms with Crippen LogP contribution in [0.5, 0.6) is 0 Å². The van der Waals surface area contributed by atoms with Gasteiger partial charge in [-0.3, -0.25) is 0 Å². The molecular formula is C11H11F3O2. The average molecular weight is 232 g/mol. The van der Waals surface area contributed by atoms with Gasteiger partial charge in [0.15, 0.2) is 5.60 Å². The van der Waals surface area contributed by atoms with Crippen LogP contribution >= 0.6 is 0 Å². The van der Waals surface area contributed by atoms with Crippen molar-refractivity contribution in [2.75, 3.05) is 7.11 Å². The molecule has 0 radical (unpaired) electrons. The standard InChI is InChI=1S/C11H11F3O2/c1-16-10(7-8-15,11(12,13)14)9-5-3-2-4-6-9/h2-6,8H,7H2,1H3. The molecule has 1 unspecified atom stereocenters. The third kappa shape index (κ3) is 2.09. The van der Waals surface area contributed by atoms with Crippen LogP contribution in [0, 0.1) is 0 Å². The summed E-state index contributed by atoms with van der Waals surface area (Å²) >= 11 is 0. The number of halogens is 3. The van der Waals surface area contributed by atoms with Gasteiger partial charge in [-0.05, 0) is 5.56 Å². The van der Waals surface area contributed by atoms with Crippen molar-refractivity contribution in [3.05, 3.63) is 35.9 Å². The summed E-state index contributed by atoms with van der Waals surface area (Å²) in [5.74, 6) is 0. The number of carbonyl (C=O) groups is 1. The lowest BCUT2D eigenvalue weighted by atomic mass is 9.90. The zero-order chi connectivity index (χ0) is 12.2. The van der Waals surface area contributed by atoms with Gasteiger partial charge in [0.05, 0.1) is 0 Å². The number of alkyl halides is 3. The topological polar surface area (TPSA) is 26.3 Å². The van der Waals surface area contributed by atoms with E-state index in [1.165, 1.54) is 24.3 Å². The third-order valence-electron chi connectivity index (χ3n) is 2.42. The lowest BCUT2D eigenvalue weighted by Crippen LogP contribution is -2.44. The molecule has 0 aromatic heterocycles. The van der Waals surface area contributed by atoms with Gasteiger partial charge in [0.1, 0.15) is 6.29 Å². The summed E-state index contributed by atoms with van der Waals surface area (Å²) in [5.41, 5.74) is -2.62. The van der Waals surface area contributed by atoms with Crippen LogP contribution < -0.4 is 0 Å². The highest BCUT2D eigenvalue weighted by molar-refractivity contribution is 5.53. The maximum absolute atomic E-state index is 13.0. The van der Waals surface area contributed by atoms with Crippen molar-refractivity contribution in [2.45, 2.75) is 18.2 Å². The van der Waals surface area contributed by atoms with Crippen LogP contribution in [0.25, 0.3) is 0 Å². The first-order chi connectivity index (χ1) is 7.48. The molecule has 88 valence electrons. The second-order valence-corrected chi connectivity index (χ2v) is 3.27. The van der Waals surface area contributed by atoms with Crippen LogP contribution in [-0.2, 0) is 15.1 Å². The number of benzene rings is 1. The van der Waals surface area contributed by atoms with Gasteiger partial charge in [0.2, 0.25) is 0 Å². The molecule has 0 saturated carbocycles. The van der Waals surface area contributed by atoms with E-state index < -0.39 is 18.2 Å². The van der Waals surface area contributed by atoms with E-state index in [4.69, 9.17) is 0 Å². The minimum absolute atomic E-state index is 0.0721. The predicted molar refractivity (Wildman–Crippen MR) is 51.9 cm³/mol. The maximum atomic E-state index is 13.0. The Balaban J connectivity index is 3.28. The molecule has 16 heavy (non-hydrogen) atoms. The minimum Gasteiger partial charge on any atom is -0.364 e. The van der Waals surface area contributed by atoms with Crippen LogP contribution in [0.3, 0.4) is 0 Å². The second kappa shape index (κ2) is 4.65. The van der Waals surface area contributed by atoms with Gasteiger partial charge >= 0.3 is 6.18 Å². The van der Waals surface area contributed by atoms with Crippen LogP contribution in [0.2, 0.25) is 0 Å². The molecule has 1 aromatic rings. The number of aldehydes is 1. The SMILES string of the molecule is COC(CC=O)(c1ccccc1)C(F)(F)F. The van der Waals surface area contributed by atoms with Crippen molar-refractivity contribution in [1.82, 2.24) is 0 Å². The van der Waals surface area contributed by atoms with E-state index in [-0.39, 0.29) is 11.8 Å². The Morgan fingerprint density at radius 2 is 1.81 bits per heavy atom. The summed E-state index contributed by atoms with van der Waals surface area (Å²) in [6.45, 7) is 0. The van der Waals surface area contributed by atoms with Gasteiger partial charge in [-0.2, -0.15) is 13.2 Å². The Morgan fingerprint density at radius 1 is 1.25 bits per heavy atom. The van der Waals surface area contributed by atoms with Crippen molar-refractivity contribution in [3.8, 4) is 0 Å². The van der Waals surface area contributed by atoms with E-state index >= 15 is 0 Å². The summed E-state index contributed by atoms with van der Waals surface area (Å²) < 4.78 is 43.5. The highest BCUT2D eigenvalue weighted by Crippen LogP contribution is 2.43. The third-order valence-corrected chi connectivity index (χ3v) is 2.42. The van der Waals surface area contributed by atoms with Crippen LogP contribution in [0.4, 0.5) is 13.2 Å². The van der Waals surface area contributed by atoms with Crippen molar-refractivity contribution in [2.24, 2.45) is 0 Å². The molecule has 1 aromatic carbocycles. The first-order valence-electron chi connectivity index (χ1n) is 4.59. The average Bonchev–Trinajstić information content (AvgIpc) is 2.25. The fourth-order valence-corrected chi connectivity index (χ4v) is 1.54. The molecule has 0 amide bonds. The van der Waals surface area contributed by atoms with Gasteiger partial charge in [-0.25, -0.2) is 0 Å². The smallest absolute Gasteiger partial charge is 0.364 e. The quantitative estimate of drug-likeness (QED) is 0.746. The zero-order valence-corrected chi connectivity index (χ0v) is 8.62. The molecule has 0 aliphatic rings. The van der Waals surface area contributed by atoms with E-state index in [0.29, 0.717) is 0 Å². The summed E-state index contributed by atoms with van der Waals surface area (Å²) in [7, 11) is 0.948. The van der Waals surface area contributed by atoms with Crippen molar-refractivity contribution >= 4 is 6.29 Å². The zero-order valence-electron chi connectivity index (χ0n) is 8.62. The summed E-state index contributed by atoms with van der Waals surface area (Å²) in [4.78, 5) is 10.4. The molecule has 0 fully saturated rings. The number of carbonyl (C=O) groups excluding carboxylic acids is 1. The fourth-order valence-electron chi connectivity index (χ4n) is 1.54. The molecule has 0 aliphatic carbocycles. The van der Waals surface area contributed by atoms with Crippen LogP contribution in [0.1, 0.15) is 12.0 Å². The summed E-state index contributed by atoms with van der Waals surface area (Å²) in [6, 6.07) is 7.13. The Bertz CT molecular complexity index is 348. The van der Waals surface area contributed by atoms with E-state index in [2.05, 4.69) is 4.74 Å². The number of methoxy groups -OCH3 is 1. The molecule has 0 aliphatic heterocycles. The maximum Gasteiger partial charge on any atom is 0.422 e. The Hall–Kier alpha value is -1.36. The van der Waals surface area contributed by atoms with Gasteiger partial charge in [-0.15, -0.1) is 0 Å². The van der Waals surface area contributed by atoms with E-state index in [1.807, 2.05) is 0 Å². The molecule has 0 heterocycles. The van der Waals surface area contributed by atoms with Crippen LogP contribution in [0.15, 0.2) is 30.3 Å². The summed E-state index contributed by atoms with van der Waals surface area (Å²) in [6.07, 6.45) is -5.18. The number of rotatable bonds is 4. The molecule has 0 spiro atoms. The highest BCUT2D eigenvalue weighted by Gasteiger charge is 2.56. The first kappa shape index (κ1) is 12.7. The van der Waals surface area contributed by atoms with Crippen molar-refractivity contribution < 1.29 is 22.7 Å². The molecule has 0 bridgehead atoms. The molecule has 1 atom stereocenters. The van der Waals surface area contributed by atoms with Gasteiger partial charge in [-0.1, -0.05) is 30.3 Å². The number of ether oxygens (including phenoxy) is 1. The molecule has 1 rings (SSSR count). The van der Waals surface area contributed by atoms with Gasteiger partial charge in [0, 0.05) is 13.5 Å². The number of hydrogen-bond donors (Lipinski definition) is 0. The molecule has 0 saturated heterocycles. The Labute approximate surface area is 91.0 Å². The molecule has 5 heteroatoms. The molecule has 0 N–H and O–H groups in total. The highest BCUT2D eigenvalue weighted by atomic mass is 19.4. The largest absolute Gasteiger partial charge is 0.422 e. The lowest BCUT2D eigenvalue weighted by molar-refractivity contribution is -0.276. The Kier molecular flexibility index (Phi) is 3.70. The monoisotopic (exact) mass is 232 g/mol. The van der Waals surface area contributed by atoms with Crippen molar-refractivity contribution in [1.29, 1.82) is 0 Å². The fraction of sp³-hybridized carbons (Fsp3) is 0.364. The van der Waals surface area contributed by atoms with Gasteiger partial charge < -0.3 is 9.53 Å². The van der Waals surface area contributed by atoms with E-state index in [9.17, 15) is 18.0 Å².